The van der Waals surface area contributed by atoms with Crippen LogP contribution in [0.2, 0.25) is 61.9 Å². The third-order valence-electron chi connectivity index (χ3n) is 17.8. The standard InChI is InChI=1S/C27H36FN7O4Si.C20H32ClN5O4Si.C14H18ClN5O3/c1-40(2,3)15-14-39-18-34-23-25(32-8-12-38-13-9-32)30-24(21-16-29-22-5-4-19(28)17-33(21)22)31-26(23)35(27(34)36)20-6-10-37-11-7-20;1-31(2,3)13-12-30-14-25-16-17(24-6-10-29-11-7-24)22-19(21)23-18(16)26(20(25)27)15-4-8-28-9-5-15;15-13-17-11(19-3-7-23-8-4-19)10-12(18-13)20(14(21)16-10)9-1-5-22-6-2-9/h4-5,16-17,20H,6-15,18H2,1-3H3;15H,4-14H2,1-3H3;9H,1-8H2,(H,16,21). The van der Waals surface area contributed by atoms with Crippen molar-refractivity contribution >= 4 is 95.9 Å². The number of hydrogen-bond acceptors (Lipinski definition) is 21. The first-order valence-electron chi connectivity index (χ1n) is 32.8. The highest BCUT2D eigenvalue weighted by Gasteiger charge is 2.33. The Hall–Kier alpha value is -6.24. The number of morpholine rings is 3. The van der Waals surface area contributed by atoms with Crippen LogP contribution in [0.15, 0.2) is 38.9 Å². The third-order valence-corrected chi connectivity index (χ3v) is 21.5. The van der Waals surface area contributed by atoms with Crippen LogP contribution in [-0.4, -0.2) is 215 Å². The largest absolute Gasteiger partial charge is 0.381 e. The number of nitrogens with one attached hydrogen (secondary N) is 1. The van der Waals surface area contributed by atoms with Crippen LogP contribution in [0.3, 0.4) is 0 Å². The molecule has 0 unspecified atom stereocenters. The highest BCUT2D eigenvalue weighted by molar-refractivity contribution is 6.76. The van der Waals surface area contributed by atoms with Crippen molar-refractivity contribution in [1.82, 2.24) is 67.1 Å². The molecule has 6 aliphatic heterocycles. The van der Waals surface area contributed by atoms with E-state index in [4.69, 9.17) is 71.1 Å². The first-order chi connectivity index (χ1) is 45.4. The van der Waals surface area contributed by atoms with Crippen molar-refractivity contribution in [3.8, 4) is 11.5 Å². The van der Waals surface area contributed by atoms with Crippen molar-refractivity contribution in [1.29, 1.82) is 0 Å². The highest BCUT2D eigenvalue weighted by Crippen LogP contribution is 2.35. The second-order valence-electron chi connectivity index (χ2n) is 26.8. The van der Waals surface area contributed by atoms with Crippen molar-refractivity contribution < 1.29 is 42.3 Å². The van der Waals surface area contributed by atoms with Crippen LogP contribution in [0.25, 0.3) is 50.7 Å². The van der Waals surface area contributed by atoms with Gasteiger partial charge in [0.2, 0.25) is 10.6 Å². The summed E-state index contributed by atoms with van der Waals surface area (Å²) < 4.78 is 69.6. The van der Waals surface area contributed by atoms with Gasteiger partial charge in [-0.25, -0.2) is 33.7 Å². The van der Waals surface area contributed by atoms with E-state index in [1.165, 1.54) is 12.3 Å². The van der Waals surface area contributed by atoms with Gasteiger partial charge in [0.25, 0.3) is 0 Å². The minimum Gasteiger partial charge on any atom is -0.381 e. The van der Waals surface area contributed by atoms with Gasteiger partial charge in [0.15, 0.2) is 40.2 Å². The SMILES string of the molecule is C[Si](C)(C)CCOCn1c(=O)n(C2CCOCC2)c2nc(-c3cnc4ccc(F)cn34)nc(N3CCOCC3)c21.C[Si](C)(C)CCOCn1c(=O)n(C2CCOCC2)c2nc(Cl)nc(N3CCOCC3)c21.O=c1[nH]c2c(N3CCOCC3)nc(Cl)nc2n1C1CCOCC1. The molecule has 0 amide bonds. The third kappa shape index (κ3) is 15.4. The fourth-order valence-electron chi connectivity index (χ4n) is 12.6. The quantitative estimate of drug-likeness (QED) is 0.0534. The number of imidazole rings is 4. The Balaban J connectivity index is 0.000000140. The second kappa shape index (κ2) is 30.0. The summed E-state index contributed by atoms with van der Waals surface area (Å²) in [4.78, 5) is 81.5. The molecule has 0 saturated carbocycles. The summed E-state index contributed by atoms with van der Waals surface area (Å²) >= 11 is 12.5. The van der Waals surface area contributed by atoms with Gasteiger partial charge in [0.05, 0.1) is 45.8 Å². The molecular formula is C61H86Cl2FN17O11Si2. The van der Waals surface area contributed by atoms with E-state index in [-0.39, 0.29) is 65.0 Å². The summed E-state index contributed by atoms with van der Waals surface area (Å²) in [6.07, 6.45) is 7.57. The Labute approximate surface area is 554 Å². The maximum atomic E-state index is 14.2. The molecule has 14 rings (SSSR count). The maximum absolute atomic E-state index is 14.2. The fourth-order valence-corrected chi connectivity index (χ4v) is 14.4. The lowest BCUT2D eigenvalue weighted by molar-refractivity contribution is 0.0667. The van der Waals surface area contributed by atoms with Gasteiger partial charge in [-0.15, -0.1) is 0 Å². The number of ether oxygens (including phenoxy) is 8. The van der Waals surface area contributed by atoms with Crippen molar-refractivity contribution in [2.45, 2.75) is 121 Å². The molecule has 510 valence electrons. The lowest BCUT2D eigenvalue weighted by Gasteiger charge is -2.29. The predicted molar refractivity (Wildman–Crippen MR) is 360 cm³/mol. The van der Waals surface area contributed by atoms with Crippen LogP contribution >= 0.6 is 23.2 Å². The zero-order valence-corrected chi connectivity index (χ0v) is 58.0. The number of rotatable bonds is 17. The molecule has 0 aromatic carbocycles. The Morgan fingerprint density at radius 3 is 1.43 bits per heavy atom. The second-order valence-corrected chi connectivity index (χ2v) is 38.7. The summed E-state index contributed by atoms with van der Waals surface area (Å²) in [6.45, 7) is 26.8. The number of fused-ring (bicyclic) bond motifs is 4. The van der Waals surface area contributed by atoms with Gasteiger partial charge in [0, 0.05) is 133 Å². The van der Waals surface area contributed by atoms with E-state index in [1.54, 1.807) is 39.5 Å². The van der Waals surface area contributed by atoms with Crippen LogP contribution in [0.4, 0.5) is 21.8 Å². The van der Waals surface area contributed by atoms with Crippen LogP contribution in [0, 0.1) is 5.82 Å². The van der Waals surface area contributed by atoms with E-state index in [0.29, 0.717) is 213 Å². The van der Waals surface area contributed by atoms with Gasteiger partial charge in [-0.2, -0.15) is 19.9 Å². The Morgan fingerprint density at radius 2 is 0.947 bits per heavy atom. The summed E-state index contributed by atoms with van der Waals surface area (Å²) in [5.41, 5.74) is 4.36. The zero-order valence-electron chi connectivity index (χ0n) is 54.5. The minimum absolute atomic E-state index is 0.0236. The first-order valence-corrected chi connectivity index (χ1v) is 40.9. The van der Waals surface area contributed by atoms with Crippen LogP contribution in [0.1, 0.15) is 56.7 Å². The molecule has 0 bridgehead atoms. The highest BCUT2D eigenvalue weighted by atomic mass is 35.5. The molecule has 28 nitrogen and oxygen atoms in total. The topological polar surface area (TPSA) is 270 Å². The van der Waals surface area contributed by atoms with Gasteiger partial charge >= 0.3 is 17.1 Å². The van der Waals surface area contributed by atoms with Gasteiger partial charge < -0.3 is 57.6 Å². The molecule has 6 aliphatic rings. The number of nitrogens with zero attached hydrogens (tertiary/aromatic N) is 16. The molecule has 1 N–H and O–H groups in total. The zero-order chi connectivity index (χ0) is 65.7. The van der Waals surface area contributed by atoms with E-state index in [0.717, 1.165) is 37.8 Å². The average Bonchev–Trinajstić information content (AvgIpc) is 1.59. The van der Waals surface area contributed by atoms with Crippen molar-refractivity contribution in [3.05, 3.63) is 72.4 Å². The summed E-state index contributed by atoms with van der Waals surface area (Å²) in [6, 6.07) is 5.07. The van der Waals surface area contributed by atoms with Crippen molar-refractivity contribution in [3.63, 3.8) is 0 Å². The Bertz CT molecular complexity index is 4090. The molecule has 94 heavy (non-hydrogen) atoms. The van der Waals surface area contributed by atoms with Crippen molar-refractivity contribution in [2.24, 2.45) is 0 Å². The minimum atomic E-state index is -1.30. The predicted octanol–water partition coefficient (Wildman–Crippen LogP) is 7.26. The van der Waals surface area contributed by atoms with E-state index < -0.39 is 16.1 Å². The van der Waals surface area contributed by atoms with E-state index in [9.17, 15) is 18.8 Å². The number of pyridine rings is 1. The smallest absolute Gasteiger partial charge is 0.332 e. The molecule has 0 spiro atoms. The maximum Gasteiger partial charge on any atom is 0.332 e. The number of anilines is 3. The van der Waals surface area contributed by atoms with Gasteiger partial charge in [-0.05, 0) is 85.9 Å². The number of aromatic amines is 1. The number of halogens is 3. The molecule has 8 aromatic heterocycles. The molecule has 0 atom stereocenters. The monoisotopic (exact) mass is 1380 g/mol. The molecule has 0 radical (unpaired) electrons. The fraction of sp³-hybridized carbons (Fsp3) is 0.639. The normalized spacial score (nSPS) is 18.5. The first kappa shape index (κ1) is 67.7. The van der Waals surface area contributed by atoms with Gasteiger partial charge in [-0.1, -0.05) is 39.3 Å². The molecule has 33 heteroatoms. The summed E-state index contributed by atoms with van der Waals surface area (Å²) in [5.74, 6) is 1.99. The summed E-state index contributed by atoms with van der Waals surface area (Å²) in [7, 11) is -2.53. The van der Waals surface area contributed by atoms with E-state index in [1.807, 2.05) is 0 Å². The van der Waals surface area contributed by atoms with Gasteiger partial charge in [-0.3, -0.25) is 27.2 Å². The molecule has 8 aromatic rings. The molecular weight excluding hydrogens is 1290 g/mol. The number of hydrogen-bond donors (Lipinski definition) is 1. The van der Waals surface area contributed by atoms with Crippen molar-refractivity contribution in [2.75, 3.05) is 146 Å². The van der Waals surface area contributed by atoms with Gasteiger partial charge in [0.1, 0.15) is 47.2 Å². The molecule has 6 fully saturated rings. The Kier molecular flexibility index (Phi) is 21.6. The average molecular weight is 1380 g/mol. The molecule has 6 saturated heterocycles. The number of aromatic nitrogens is 14. The lowest BCUT2D eigenvalue weighted by Crippen LogP contribution is -2.37. The molecule has 0 aliphatic carbocycles. The molecule has 14 heterocycles. The lowest BCUT2D eigenvalue weighted by atomic mass is 10.1. The van der Waals surface area contributed by atoms with Crippen LogP contribution in [0.5, 0.6) is 0 Å². The summed E-state index contributed by atoms with van der Waals surface area (Å²) in [5, 5.41) is 0.297. The van der Waals surface area contributed by atoms with Crippen LogP contribution in [-0.2, 0) is 51.4 Å². The van der Waals surface area contributed by atoms with E-state index >= 15 is 0 Å². The van der Waals surface area contributed by atoms with E-state index in [2.05, 4.69) is 83.9 Å². The number of H-pyrrole nitrogens is 1. The Morgan fingerprint density at radius 1 is 0.532 bits per heavy atom. The van der Waals surface area contributed by atoms with Crippen LogP contribution < -0.4 is 31.8 Å².